The van der Waals surface area contributed by atoms with Crippen LogP contribution in [0.1, 0.15) is 46.0 Å². The fourth-order valence-electron chi connectivity index (χ4n) is 1.10. The van der Waals surface area contributed by atoms with E-state index >= 15 is 0 Å². The minimum atomic E-state index is 0.420. The zero-order valence-corrected chi connectivity index (χ0v) is 9.89. The number of rotatable bonds is 8. The number of hydrogen-bond donors (Lipinski definition) is 0. The van der Waals surface area contributed by atoms with Gasteiger partial charge in [0.15, 0.2) is 0 Å². The van der Waals surface area contributed by atoms with Crippen LogP contribution in [0.3, 0.4) is 0 Å². The number of alkyl halides is 1. The van der Waals surface area contributed by atoms with Crippen molar-refractivity contribution in [2.24, 2.45) is 0 Å². The Morgan fingerprint density at radius 3 is 2.50 bits per heavy atom. The van der Waals surface area contributed by atoms with E-state index in [1.807, 2.05) is 11.8 Å². The maximum atomic E-state index is 6.00. The monoisotopic (exact) mass is 208 g/mol. The van der Waals surface area contributed by atoms with Crippen LogP contribution in [-0.2, 0) is 0 Å². The summed E-state index contributed by atoms with van der Waals surface area (Å²) in [6, 6.07) is 0. The highest BCUT2D eigenvalue weighted by Crippen LogP contribution is 2.13. The summed E-state index contributed by atoms with van der Waals surface area (Å²) >= 11 is 8.04. The highest BCUT2D eigenvalue weighted by Gasteiger charge is 1.99. The van der Waals surface area contributed by atoms with Crippen molar-refractivity contribution in [3.63, 3.8) is 0 Å². The molecule has 0 spiro atoms. The van der Waals surface area contributed by atoms with Crippen molar-refractivity contribution >= 4 is 23.4 Å². The Bertz CT molecular complexity index is 85.9. The van der Waals surface area contributed by atoms with Crippen LogP contribution < -0.4 is 0 Å². The quantitative estimate of drug-likeness (QED) is 0.423. The van der Waals surface area contributed by atoms with Gasteiger partial charge in [0.1, 0.15) is 0 Å². The summed E-state index contributed by atoms with van der Waals surface area (Å²) in [6.07, 6.45) is 6.36. The van der Waals surface area contributed by atoms with Gasteiger partial charge in [-0.3, -0.25) is 0 Å². The fourth-order valence-corrected chi connectivity index (χ4v) is 1.95. The first-order valence-electron chi connectivity index (χ1n) is 5.03. The maximum absolute atomic E-state index is 6.00. The van der Waals surface area contributed by atoms with Gasteiger partial charge in [-0.25, -0.2) is 0 Å². The van der Waals surface area contributed by atoms with E-state index in [1.165, 1.54) is 37.2 Å². The van der Waals surface area contributed by atoms with Gasteiger partial charge in [-0.15, -0.1) is 11.6 Å². The highest BCUT2D eigenvalue weighted by atomic mass is 35.5. The van der Waals surface area contributed by atoms with Gasteiger partial charge in [-0.2, -0.15) is 11.8 Å². The SMILES string of the molecule is CCSCCCCCC(Cl)CC. The zero-order chi connectivity index (χ0) is 9.23. The molecule has 0 aromatic heterocycles. The minimum Gasteiger partial charge on any atom is -0.162 e. The van der Waals surface area contributed by atoms with Crippen LogP contribution in [0.25, 0.3) is 0 Å². The molecule has 1 unspecified atom stereocenters. The molecule has 0 aromatic carbocycles. The lowest BCUT2D eigenvalue weighted by molar-refractivity contribution is 0.633. The second-order valence-electron chi connectivity index (χ2n) is 3.05. The first-order chi connectivity index (χ1) is 5.81. The molecule has 0 amide bonds. The molecule has 0 aliphatic heterocycles. The molecule has 0 heterocycles. The lowest BCUT2D eigenvalue weighted by Gasteiger charge is -2.04. The van der Waals surface area contributed by atoms with E-state index in [0.29, 0.717) is 5.38 Å². The van der Waals surface area contributed by atoms with Crippen LogP contribution in [0, 0.1) is 0 Å². The van der Waals surface area contributed by atoms with Crippen LogP contribution in [0.2, 0.25) is 0 Å². The van der Waals surface area contributed by atoms with Crippen molar-refractivity contribution in [3.8, 4) is 0 Å². The van der Waals surface area contributed by atoms with Crippen LogP contribution >= 0.6 is 23.4 Å². The van der Waals surface area contributed by atoms with Gasteiger partial charge in [0.05, 0.1) is 0 Å². The number of hydrogen-bond acceptors (Lipinski definition) is 1. The third-order valence-electron chi connectivity index (χ3n) is 1.95. The maximum Gasteiger partial charge on any atom is 0.0333 e. The third-order valence-corrected chi connectivity index (χ3v) is 3.47. The summed E-state index contributed by atoms with van der Waals surface area (Å²) in [6.45, 7) is 4.38. The minimum absolute atomic E-state index is 0.420. The Hall–Kier alpha value is 0.640. The smallest absolute Gasteiger partial charge is 0.0333 e. The molecular weight excluding hydrogens is 188 g/mol. The van der Waals surface area contributed by atoms with Crippen molar-refractivity contribution in [2.45, 2.75) is 51.3 Å². The fraction of sp³-hybridized carbons (Fsp3) is 1.00. The lowest BCUT2D eigenvalue weighted by Crippen LogP contribution is -1.95. The van der Waals surface area contributed by atoms with Crippen LogP contribution in [-0.4, -0.2) is 16.9 Å². The van der Waals surface area contributed by atoms with Crippen LogP contribution in [0.4, 0.5) is 0 Å². The summed E-state index contributed by atoms with van der Waals surface area (Å²) in [4.78, 5) is 0. The molecule has 0 radical (unpaired) electrons. The second-order valence-corrected chi connectivity index (χ2v) is 5.06. The molecule has 0 nitrogen and oxygen atoms in total. The van der Waals surface area contributed by atoms with Gasteiger partial charge in [0, 0.05) is 5.38 Å². The molecule has 12 heavy (non-hydrogen) atoms. The number of halogens is 1. The second kappa shape index (κ2) is 9.73. The van der Waals surface area contributed by atoms with E-state index in [0.717, 1.165) is 6.42 Å². The van der Waals surface area contributed by atoms with E-state index in [-0.39, 0.29) is 0 Å². The average molecular weight is 209 g/mol. The molecule has 0 aromatic rings. The Morgan fingerprint density at radius 1 is 1.17 bits per heavy atom. The van der Waals surface area contributed by atoms with E-state index in [1.54, 1.807) is 0 Å². The third kappa shape index (κ3) is 8.73. The van der Waals surface area contributed by atoms with Crippen molar-refractivity contribution in [2.75, 3.05) is 11.5 Å². The number of thioether (sulfide) groups is 1. The predicted molar refractivity (Wildman–Crippen MR) is 61.4 cm³/mol. The summed E-state index contributed by atoms with van der Waals surface area (Å²) < 4.78 is 0. The van der Waals surface area contributed by atoms with Gasteiger partial charge in [-0.05, 0) is 30.8 Å². The first kappa shape index (κ1) is 12.6. The van der Waals surface area contributed by atoms with Gasteiger partial charge < -0.3 is 0 Å². The zero-order valence-electron chi connectivity index (χ0n) is 8.31. The summed E-state index contributed by atoms with van der Waals surface area (Å²) in [7, 11) is 0. The van der Waals surface area contributed by atoms with E-state index < -0.39 is 0 Å². The van der Waals surface area contributed by atoms with Gasteiger partial charge in [-0.1, -0.05) is 26.7 Å². The Kier molecular flexibility index (Phi) is 10.2. The summed E-state index contributed by atoms with van der Waals surface area (Å²) in [5.41, 5.74) is 0. The van der Waals surface area contributed by atoms with E-state index in [2.05, 4.69) is 13.8 Å². The van der Waals surface area contributed by atoms with E-state index in [4.69, 9.17) is 11.6 Å². The molecule has 0 fully saturated rings. The normalized spacial score (nSPS) is 13.2. The Morgan fingerprint density at radius 2 is 1.92 bits per heavy atom. The van der Waals surface area contributed by atoms with Crippen LogP contribution in [0.15, 0.2) is 0 Å². The molecule has 0 rings (SSSR count). The van der Waals surface area contributed by atoms with Gasteiger partial charge in [0.25, 0.3) is 0 Å². The van der Waals surface area contributed by atoms with Gasteiger partial charge in [0.2, 0.25) is 0 Å². The van der Waals surface area contributed by atoms with Crippen LogP contribution in [0.5, 0.6) is 0 Å². The van der Waals surface area contributed by atoms with E-state index in [9.17, 15) is 0 Å². The predicted octanol–water partition coefficient (Wildman–Crippen LogP) is 4.32. The topological polar surface area (TPSA) is 0 Å². The molecule has 2 heteroatoms. The standard InChI is InChI=1S/C10H21ClS/c1-3-10(11)8-6-5-7-9-12-4-2/h10H,3-9H2,1-2H3. The summed E-state index contributed by atoms with van der Waals surface area (Å²) in [5, 5.41) is 0.420. The molecule has 0 aliphatic carbocycles. The molecular formula is C10H21ClS. The molecule has 0 bridgehead atoms. The Labute approximate surface area is 86.5 Å². The molecule has 0 aliphatic rings. The highest BCUT2D eigenvalue weighted by molar-refractivity contribution is 7.99. The molecule has 0 saturated carbocycles. The molecule has 1 atom stereocenters. The van der Waals surface area contributed by atoms with Crippen molar-refractivity contribution in [1.29, 1.82) is 0 Å². The van der Waals surface area contributed by atoms with Crippen molar-refractivity contribution in [1.82, 2.24) is 0 Å². The van der Waals surface area contributed by atoms with Crippen molar-refractivity contribution in [3.05, 3.63) is 0 Å². The largest absolute Gasteiger partial charge is 0.162 e. The molecule has 0 N–H and O–H groups in total. The number of unbranched alkanes of at least 4 members (excludes halogenated alkanes) is 2. The molecule has 74 valence electrons. The summed E-state index contributed by atoms with van der Waals surface area (Å²) in [5.74, 6) is 2.59. The van der Waals surface area contributed by atoms with Gasteiger partial charge >= 0.3 is 0 Å². The molecule has 0 saturated heterocycles. The average Bonchev–Trinajstić information content (AvgIpc) is 2.10. The Balaban J connectivity index is 2.90. The first-order valence-corrected chi connectivity index (χ1v) is 6.62. The van der Waals surface area contributed by atoms with Crippen molar-refractivity contribution < 1.29 is 0 Å². The lowest BCUT2D eigenvalue weighted by atomic mass is 10.1.